The van der Waals surface area contributed by atoms with Crippen molar-refractivity contribution in [3.8, 4) is 17.2 Å². The fraction of sp³-hybridized carbons (Fsp3) is 0.378. The molecule has 1 aromatic heterocycles. The van der Waals surface area contributed by atoms with E-state index in [1.165, 1.54) is 5.56 Å². The molecule has 7 rings (SSSR count). The first kappa shape index (κ1) is 30.7. The van der Waals surface area contributed by atoms with Crippen molar-refractivity contribution >= 4 is 29.3 Å². The molecule has 3 aliphatic rings. The standard InChI is InChI=1S/C37H42N6O4/c1-23-5-12-28(13-6-23)43-34(21-33(41-43)37(2,3)4)40-35(44)38-26-9-7-24(8-10-26)17-25-18-29-14-15-30(19-25)42(29)36(45)39-27-11-16-31-32(20-27)47-22-46-31/h5-13,16,20-21,25,29-30H,14-15,17-19,22H2,1-4H3,(H,39,45)(H2,38,40,44). The van der Waals surface area contributed by atoms with Crippen LogP contribution in [-0.2, 0) is 11.8 Å². The molecular weight excluding hydrogens is 592 g/mol. The number of nitrogens with zero attached hydrogens (tertiary/aromatic N) is 3. The van der Waals surface area contributed by atoms with Crippen LogP contribution in [0, 0.1) is 12.8 Å². The summed E-state index contributed by atoms with van der Waals surface area (Å²) in [6.45, 7) is 8.57. The number of anilines is 3. The number of aromatic nitrogens is 2. The lowest BCUT2D eigenvalue weighted by molar-refractivity contribution is 0.131. The summed E-state index contributed by atoms with van der Waals surface area (Å²) in [5.74, 6) is 2.47. The third-order valence-electron chi connectivity index (χ3n) is 9.42. The summed E-state index contributed by atoms with van der Waals surface area (Å²) in [4.78, 5) is 28.4. The normalized spacial score (nSPS) is 19.8. The van der Waals surface area contributed by atoms with Crippen LogP contribution < -0.4 is 25.4 Å². The number of carbonyl (C=O) groups is 2. The number of fused-ring (bicyclic) bond motifs is 3. The van der Waals surface area contributed by atoms with Crippen molar-refractivity contribution in [1.82, 2.24) is 14.7 Å². The first-order valence-electron chi connectivity index (χ1n) is 16.4. The van der Waals surface area contributed by atoms with Gasteiger partial charge in [0, 0.05) is 41.0 Å². The van der Waals surface area contributed by atoms with Crippen molar-refractivity contribution in [3.63, 3.8) is 0 Å². The number of ether oxygens (including phenoxy) is 2. The maximum Gasteiger partial charge on any atom is 0.324 e. The fourth-order valence-electron chi connectivity index (χ4n) is 7.01. The van der Waals surface area contributed by atoms with E-state index in [-0.39, 0.29) is 36.4 Å². The molecule has 2 atom stereocenters. The van der Waals surface area contributed by atoms with Crippen LogP contribution in [-0.4, -0.2) is 45.6 Å². The average molecular weight is 635 g/mol. The molecule has 2 saturated heterocycles. The minimum atomic E-state index is -0.325. The van der Waals surface area contributed by atoms with Gasteiger partial charge in [-0.25, -0.2) is 14.3 Å². The summed E-state index contributed by atoms with van der Waals surface area (Å²) in [5, 5.41) is 13.9. The lowest BCUT2D eigenvalue weighted by atomic mass is 9.86. The maximum atomic E-state index is 13.3. The van der Waals surface area contributed by atoms with Gasteiger partial charge in [0.25, 0.3) is 0 Å². The molecule has 10 nitrogen and oxygen atoms in total. The smallest absolute Gasteiger partial charge is 0.324 e. The summed E-state index contributed by atoms with van der Waals surface area (Å²) in [7, 11) is 0. The van der Waals surface area contributed by atoms with E-state index in [1.807, 2.05) is 67.6 Å². The molecule has 0 aliphatic carbocycles. The molecule has 2 unspecified atom stereocenters. The van der Waals surface area contributed by atoms with Crippen molar-refractivity contribution in [1.29, 1.82) is 0 Å². The van der Waals surface area contributed by atoms with Crippen LogP contribution in [0.2, 0.25) is 0 Å². The quantitative estimate of drug-likeness (QED) is 0.200. The monoisotopic (exact) mass is 634 g/mol. The Hall–Kier alpha value is -4.99. The van der Waals surface area contributed by atoms with Crippen LogP contribution >= 0.6 is 0 Å². The number of urea groups is 2. The molecule has 10 heteroatoms. The predicted molar refractivity (Wildman–Crippen MR) is 183 cm³/mol. The molecule has 4 heterocycles. The molecule has 3 aromatic carbocycles. The third kappa shape index (κ3) is 6.63. The fourth-order valence-corrected chi connectivity index (χ4v) is 7.01. The van der Waals surface area contributed by atoms with E-state index in [9.17, 15) is 9.59 Å². The van der Waals surface area contributed by atoms with Gasteiger partial charge in [-0.15, -0.1) is 0 Å². The van der Waals surface area contributed by atoms with Gasteiger partial charge in [0.2, 0.25) is 6.79 Å². The molecule has 0 radical (unpaired) electrons. The summed E-state index contributed by atoms with van der Waals surface area (Å²) in [6, 6.07) is 23.7. The second-order valence-electron chi connectivity index (χ2n) is 14.0. The molecule has 47 heavy (non-hydrogen) atoms. The van der Waals surface area contributed by atoms with E-state index in [4.69, 9.17) is 14.6 Å². The largest absolute Gasteiger partial charge is 0.454 e. The van der Waals surface area contributed by atoms with Crippen molar-refractivity contribution in [2.24, 2.45) is 5.92 Å². The Balaban J connectivity index is 0.944. The highest BCUT2D eigenvalue weighted by Crippen LogP contribution is 2.41. The molecule has 244 valence electrons. The van der Waals surface area contributed by atoms with Gasteiger partial charge in [-0.1, -0.05) is 50.6 Å². The highest BCUT2D eigenvalue weighted by Gasteiger charge is 2.43. The van der Waals surface area contributed by atoms with Crippen LogP contribution in [0.5, 0.6) is 11.5 Å². The molecule has 3 aliphatic heterocycles. The highest BCUT2D eigenvalue weighted by molar-refractivity contribution is 5.99. The molecule has 2 bridgehead atoms. The Morgan fingerprint density at radius 2 is 1.51 bits per heavy atom. The van der Waals surface area contributed by atoms with E-state index in [0.717, 1.165) is 60.4 Å². The topological polar surface area (TPSA) is 110 Å². The summed E-state index contributed by atoms with van der Waals surface area (Å²) in [6.07, 6.45) is 4.99. The Labute approximate surface area is 275 Å². The highest BCUT2D eigenvalue weighted by atomic mass is 16.7. The number of benzene rings is 3. The lowest BCUT2D eigenvalue weighted by Crippen LogP contribution is -2.48. The van der Waals surface area contributed by atoms with E-state index >= 15 is 0 Å². The van der Waals surface area contributed by atoms with Gasteiger partial charge in [-0.05, 0) is 86.9 Å². The number of hydrogen-bond acceptors (Lipinski definition) is 5. The van der Waals surface area contributed by atoms with E-state index in [2.05, 4.69) is 53.8 Å². The third-order valence-corrected chi connectivity index (χ3v) is 9.42. The van der Waals surface area contributed by atoms with Gasteiger partial charge in [-0.3, -0.25) is 5.32 Å². The van der Waals surface area contributed by atoms with Crippen LogP contribution in [0.3, 0.4) is 0 Å². The first-order valence-corrected chi connectivity index (χ1v) is 16.4. The molecular formula is C37H42N6O4. The minimum absolute atomic E-state index is 0.0416. The Kier molecular flexibility index (Phi) is 8.03. The second kappa shape index (κ2) is 12.3. The van der Waals surface area contributed by atoms with Gasteiger partial charge < -0.3 is 25.0 Å². The van der Waals surface area contributed by atoms with Crippen molar-refractivity contribution in [2.75, 3.05) is 22.7 Å². The Bertz CT molecular complexity index is 1760. The zero-order chi connectivity index (χ0) is 32.7. The molecule has 4 aromatic rings. The molecule has 2 fully saturated rings. The average Bonchev–Trinajstić information content (AvgIpc) is 3.74. The number of nitrogens with one attached hydrogen (secondary N) is 3. The Morgan fingerprint density at radius 3 is 2.21 bits per heavy atom. The summed E-state index contributed by atoms with van der Waals surface area (Å²) < 4.78 is 12.6. The van der Waals surface area contributed by atoms with Crippen molar-refractivity contribution < 1.29 is 19.1 Å². The SMILES string of the molecule is Cc1ccc(-n2nc(C(C)(C)C)cc2NC(=O)Nc2ccc(CC3CC4CCC(C3)N4C(=O)Nc3ccc4c(c3)OCO4)cc2)cc1. The lowest BCUT2D eigenvalue weighted by Gasteiger charge is -2.39. The maximum absolute atomic E-state index is 13.3. The van der Waals surface area contributed by atoms with E-state index in [1.54, 1.807) is 4.68 Å². The second-order valence-corrected chi connectivity index (χ2v) is 14.0. The van der Waals surface area contributed by atoms with Crippen molar-refractivity contribution in [2.45, 2.75) is 77.3 Å². The molecule has 0 saturated carbocycles. The molecule has 0 spiro atoms. The van der Waals surface area contributed by atoms with Crippen LogP contribution in [0.25, 0.3) is 5.69 Å². The molecule has 3 N–H and O–H groups in total. The van der Waals surface area contributed by atoms with Gasteiger partial charge in [0.05, 0.1) is 11.4 Å². The number of rotatable bonds is 6. The zero-order valence-corrected chi connectivity index (χ0v) is 27.4. The van der Waals surface area contributed by atoms with Crippen molar-refractivity contribution in [3.05, 3.63) is 89.6 Å². The van der Waals surface area contributed by atoms with E-state index < -0.39 is 0 Å². The van der Waals surface area contributed by atoms with Crippen LogP contribution in [0.15, 0.2) is 72.8 Å². The van der Waals surface area contributed by atoms with E-state index in [0.29, 0.717) is 23.2 Å². The number of aryl methyl sites for hydroxylation is 1. The zero-order valence-electron chi connectivity index (χ0n) is 27.4. The number of piperidine rings is 1. The first-order chi connectivity index (χ1) is 22.6. The number of hydrogen-bond donors (Lipinski definition) is 3. The predicted octanol–water partition coefficient (Wildman–Crippen LogP) is 7.87. The Morgan fingerprint density at radius 1 is 0.830 bits per heavy atom. The van der Waals surface area contributed by atoms with Gasteiger partial charge in [0.1, 0.15) is 5.82 Å². The van der Waals surface area contributed by atoms with Gasteiger partial charge >= 0.3 is 12.1 Å². The minimum Gasteiger partial charge on any atom is -0.454 e. The summed E-state index contributed by atoms with van der Waals surface area (Å²) in [5.41, 5.74) is 5.43. The number of amides is 4. The van der Waals surface area contributed by atoms with Gasteiger partial charge in [-0.2, -0.15) is 5.10 Å². The summed E-state index contributed by atoms with van der Waals surface area (Å²) >= 11 is 0. The van der Waals surface area contributed by atoms with Gasteiger partial charge in [0.15, 0.2) is 11.5 Å². The van der Waals surface area contributed by atoms with Crippen LogP contribution in [0.4, 0.5) is 26.8 Å². The van der Waals surface area contributed by atoms with Crippen LogP contribution in [0.1, 0.15) is 63.3 Å². The molecule has 4 amide bonds. The number of carbonyl (C=O) groups excluding carboxylic acids is 2.